The number of hydrogen-bond acceptors (Lipinski definition) is 5. The highest BCUT2D eigenvalue weighted by molar-refractivity contribution is 5.89. The van der Waals surface area contributed by atoms with Crippen molar-refractivity contribution in [1.29, 1.82) is 0 Å². The Morgan fingerprint density at radius 1 is 1.23 bits per heavy atom. The zero-order valence-electron chi connectivity index (χ0n) is 13.8. The van der Waals surface area contributed by atoms with Gasteiger partial charge < -0.3 is 14.4 Å². The number of aryl methyl sites for hydroxylation is 1. The van der Waals surface area contributed by atoms with Crippen molar-refractivity contribution in [2.45, 2.75) is 52.8 Å². The average molecular weight is 309 g/mol. The lowest BCUT2D eigenvalue weighted by Crippen LogP contribution is -2.36. The quantitative estimate of drug-likeness (QED) is 0.743. The second-order valence-electron chi connectivity index (χ2n) is 6.39. The predicted molar refractivity (Wildman–Crippen MR) is 79.6 cm³/mol. The van der Waals surface area contributed by atoms with Gasteiger partial charge in [-0.15, -0.1) is 0 Å². The number of aromatic nitrogens is 2. The van der Waals surface area contributed by atoms with Crippen LogP contribution in [0.25, 0.3) is 0 Å². The topological polar surface area (TPSA) is 73.7 Å². The Hall–Kier alpha value is -2.05. The molecule has 2 rings (SSSR count). The molecule has 1 aliphatic heterocycles. The molecule has 7 nitrogen and oxygen atoms in total. The Labute approximate surface area is 130 Å². The molecule has 122 valence electrons. The van der Waals surface area contributed by atoms with E-state index in [2.05, 4.69) is 5.10 Å². The Kier molecular flexibility index (Phi) is 4.44. The van der Waals surface area contributed by atoms with Crippen LogP contribution >= 0.6 is 0 Å². The van der Waals surface area contributed by atoms with Gasteiger partial charge in [0.05, 0.1) is 19.3 Å². The molecular weight excluding hydrogens is 286 g/mol. The van der Waals surface area contributed by atoms with E-state index in [4.69, 9.17) is 9.47 Å². The lowest BCUT2D eigenvalue weighted by atomic mass is 10.2. The smallest absolute Gasteiger partial charge is 0.410 e. The van der Waals surface area contributed by atoms with E-state index < -0.39 is 11.6 Å². The van der Waals surface area contributed by atoms with Gasteiger partial charge in [0.25, 0.3) is 0 Å². The van der Waals surface area contributed by atoms with Crippen LogP contribution in [0.1, 0.15) is 48.9 Å². The molecule has 2 heterocycles. The van der Waals surface area contributed by atoms with E-state index in [1.165, 1.54) is 7.11 Å². The fourth-order valence-electron chi connectivity index (χ4n) is 2.42. The first-order valence-corrected chi connectivity index (χ1v) is 7.35. The Balaban J connectivity index is 2.24. The van der Waals surface area contributed by atoms with Crippen LogP contribution in [0.3, 0.4) is 0 Å². The first-order valence-electron chi connectivity index (χ1n) is 7.35. The first kappa shape index (κ1) is 16.3. The summed E-state index contributed by atoms with van der Waals surface area (Å²) in [5, 5.41) is 4.31. The molecule has 0 unspecified atom stereocenters. The van der Waals surface area contributed by atoms with E-state index in [1.54, 1.807) is 9.58 Å². The number of ether oxygens (including phenoxy) is 2. The number of nitrogens with zero attached hydrogens (tertiary/aromatic N) is 3. The highest BCUT2D eigenvalue weighted by Gasteiger charge is 2.28. The Morgan fingerprint density at radius 3 is 2.50 bits per heavy atom. The van der Waals surface area contributed by atoms with Gasteiger partial charge in [-0.25, -0.2) is 9.59 Å². The molecule has 1 aromatic rings. The fraction of sp³-hybridized carbons (Fsp3) is 0.667. The molecule has 22 heavy (non-hydrogen) atoms. The molecule has 7 heteroatoms. The summed E-state index contributed by atoms with van der Waals surface area (Å²) in [6.45, 7) is 8.99. The summed E-state index contributed by atoms with van der Waals surface area (Å²) >= 11 is 0. The van der Waals surface area contributed by atoms with Crippen LogP contribution in [0, 0.1) is 6.92 Å². The number of hydrogen-bond donors (Lipinski definition) is 0. The minimum Gasteiger partial charge on any atom is -0.464 e. The maximum Gasteiger partial charge on any atom is 0.410 e. The van der Waals surface area contributed by atoms with Crippen LogP contribution in [0.4, 0.5) is 4.79 Å². The number of methoxy groups -OCH3 is 1. The SMILES string of the molecule is COC(=O)c1nn2c(c1C)CN(C(=O)OC(C)(C)C)CCC2. The van der Waals surface area contributed by atoms with Crippen molar-refractivity contribution in [2.75, 3.05) is 13.7 Å². The molecule has 0 aliphatic carbocycles. The molecule has 0 bridgehead atoms. The number of amides is 1. The van der Waals surface area contributed by atoms with Crippen LogP contribution in [0.5, 0.6) is 0 Å². The standard InChI is InChI=1S/C15H23N3O4/c1-10-11-9-17(14(20)22-15(2,3)4)7-6-8-18(11)16-12(10)13(19)21-5/h6-9H2,1-5H3. The molecule has 1 amide bonds. The largest absolute Gasteiger partial charge is 0.464 e. The molecule has 0 fully saturated rings. The van der Waals surface area contributed by atoms with Gasteiger partial charge in [-0.05, 0) is 34.1 Å². The molecule has 0 atom stereocenters. The van der Waals surface area contributed by atoms with Crippen molar-refractivity contribution < 1.29 is 19.1 Å². The molecule has 0 N–H and O–H groups in total. The molecule has 1 aromatic heterocycles. The summed E-state index contributed by atoms with van der Waals surface area (Å²) in [5.41, 5.74) is 1.38. The molecule has 0 aromatic carbocycles. The number of rotatable bonds is 1. The van der Waals surface area contributed by atoms with E-state index in [0.717, 1.165) is 17.7 Å². The van der Waals surface area contributed by atoms with Crippen molar-refractivity contribution in [1.82, 2.24) is 14.7 Å². The van der Waals surface area contributed by atoms with E-state index >= 15 is 0 Å². The second-order valence-corrected chi connectivity index (χ2v) is 6.39. The van der Waals surface area contributed by atoms with E-state index in [9.17, 15) is 9.59 Å². The number of carbonyl (C=O) groups excluding carboxylic acids is 2. The van der Waals surface area contributed by atoms with Crippen molar-refractivity contribution in [3.05, 3.63) is 17.0 Å². The van der Waals surface area contributed by atoms with Crippen LogP contribution in [-0.4, -0.2) is 46.0 Å². The molecule has 0 saturated heterocycles. The summed E-state index contributed by atoms with van der Waals surface area (Å²) in [5.74, 6) is -0.457. The maximum atomic E-state index is 12.3. The van der Waals surface area contributed by atoms with Crippen molar-refractivity contribution >= 4 is 12.1 Å². The van der Waals surface area contributed by atoms with Gasteiger partial charge in [0.15, 0.2) is 5.69 Å². The third kappa shape index (κ3) is 3.40. The summed E-state index contributed by atoms with van der Waals surface area (Å²) in [7, 11) is 1.33. The van der Waals surface area contributed by atoms with E-state index in [1.807, 2.05) is 27.7 Å². The summed E-state index contributed by atoms with van der Waals surface area (Å²) in [6, 6.07) is 0. The minimum absolute atomic E-state index is 0.309. The summed E-state index contributed by atoms with van der Waals surface area (Å²) in [4.78, 5) is 25.7. The third-order valence-electron chi connectivity index (χ3n) is 3.49. The molecule has 0 radical (unpaired) electrons. The Bertz CT molecular complexity index is 586. The van der Waals surface area contributed by atoms with Gasteiger partial charge >= 0.3 is 12.1 Å². The van der Waals surface area contributed by atoms with Gasteiger partial charge in [0, 0.05) is 18.7 Å². The van der Waals surface area contributed by atoms with Gasteiger partial charge in [-0.3, -0.25) is 4.68 Å². The summed E-state index contributed by atoms with van der Waals surface area (Å²) < 4.78 is 12.0. The van der Waals surface area contributed by atoms with Crippen LogP contribution in [-0.2, 0) is 22.6 Å². The highest BCUT2D eigenvalue weighted by Crippen LogP contribution is 2.21. The second kappa shape index (κ2) is 5.98. The zero-order chi connectivity index (χ0) is 16.5. The normalized spacial score (nSPS) is 15.0. The number of fused-ring (bicyclic) bond motifs is 1. The fourth-order valence-corrected chi connectivity index (χ4v) is 2.42. The molecule has 0 spiro atoms. The monoisotopic (exact) mass is 309 g/mol. The molecular formula is C15H23N3O4. The predicted octanol–water partition coefficient (Wildman–Crippen LogP) is 2.12. The van der Waals surface area contributed by atoms with Gasteiger partial charge in [0.1, 0.15) is 5.60 Å². The van der Waals surface area contributed by atoms with Crippen LogP contribution in [0.2, 0.25) is 0 Å². The average Bonchev–Trinajstić information content (AvgIpc) is 2.62. The lowest BCUT2D eigenvalue weighted by molar-refractivity contribution is 0.0236. The summed E-state index contributed by atoms with van der Waals surface area (Å²) in [6.07, 6.45) is 0.412. The molecule has 1 aliphatic rings. The minimum atomic E-state index is -0.532. The van der Waals surface area contributed by atoms with Gasteiger partial charge in [0.2, 0.25) is 0 Å². The third-order valence-corrected chi connectivity index (χ3v) is 3.49. The van der Waals surface area contributed by atoms with Crippen molar-refractivity contribution in [2.24, 2.45) is 0 Å². The van der Waals surface area contributed by atoms with Gasteiger partial charge in [-0.1, -0.05) is 0 Å². The van der Waals surface area contributed by atoms with Crippen molar-refractivity contribution in [3.63, 3.8) is 0 Å². The zero-order valence-corrected chi connectivity index (χ0v) is 13.8. The van der Waals surface area contributed by atoms with Gasteiger partial charge in [-0.2, -0.15) is 5.10 Å². The Morgan fingerprint density at radius 2 is 1.91 bits per heavy atom. The van der Waals surface area contributed by atoms with Crippen molar-refractivity contribution in [3.8, 4) is 0 Å². The number of carbonyl (C=O) groups is 2. The molecule has 0 saturated carbocycles. The number of esters is 1. The van der Waals surface area contributed by atoms with Crippen LogP contribution < -0.4 is 0 Å². The lowest BCUT2D eigenvalue weighted by Gasteiger charge is -2.26. The maximum absolute atomic E-state index is 12.3. The van der Waals surface area contributed by atoms with E-state index in [-0.39, 0.29) is 6.09 Å². The van der Waals surface area contributed by atoms with E-state index in [0.29, 0.717) is 25.3 Å². The first-order chi connectivity index (χ1) is 10.2. The highest BCUT2D eigenvalue weighted by atomic mass is 16.6. The van der Waals surface area contributed by atoms with Crippen LogP contribution in [0.15, 0.2) is 0 Å².